The average molecular weight is 316 g/mol. The normalized spacial score (nSPS) is 11.6. The van der Waals surface area contributed by atoms with Crippen molar-refractivity contribution in [3.63, 3.8) is 0 Å². The van der Waals surface area contributed by atoms with Gasteiger partial charge in [-0.05, 0) is 35.9 Å². The maximum absolute atomic E-state index is 13.5. The maximum atomic E-state index is 13.5. The first-order valence-electron chi connectivity index (χ1n) is 5.78. The van der Waals surface area contributed by atoms with Crippen LogP contribution >= 0.6 is 0 Å². The molecule has 0 heterocycles. The van der Waals surface area contributed by atoms with Gasteiger partial charge >= 0.3 is 0 Å². The van der Waals surface area contributed by atoms with E-state index < -0.39 is 32.4 Å². The number of nitrogens with one attached hydrogen (secondary N) is 1. The molecule has 8 heteroatoms. The topological polar surface area (TPSA) is 72.2 Å². The standard InChI is InChI=1S/C13H11F3N2O2S/c14-10-3-1-8(5-12(10)16)7-18-21(19,20)13-6-9(17)2-4-11(13)15/h1-6,18H,7,17H2. The fraction of sp³-hybridized carbons (Fsp3) is 0.0769. The minimum atomic E-state index is -4.16. The molecule has 0 saturated heterocycles. The SMILES string of the molecule is Nc1ccc(F)c(S(=O)(=O)NCc2ccc(F)c(F)c2)c1. The summed E-state index contributed by atoms with van der Waals surface area (Å²) < 4.78 is 65.3. The zero-order chi connectivity index (χ0) is 15.6. The second-order valence-corrected chi connectivity index (χ2v) is 6.00. The van der Waals surface area contributed by atoms with Crippen molar-refractivity contribution in [3.05, 3.63) is 59.4 Å². The monoisotopic (exact) mass is 316 g/mol. The Kier molecular flexibility index (Phi) is 4.19. The largest absolute Gasteiger partial charge is 0.399 e. The molecule has 21 heavy (non-hydrogen) atoms. The number of nitrogen functional groups attached to an aromatic ring is 1. The van der Waals surface area contributed by atoms with Crippen molar-refractivity contribution in [2.75, 3.05) is 5.73 Å². The number of nitrogens with two attached hydrogens (primary N) is 1. The molecule has 4 nitrogen and oxygen atoms in total. The molecule has 0 bridgehead atoms. The molecule has 3 N–H and O–H groups in total. The van der Waals surface area contributed by atoms with E-state index in [1.54, 1.807) is 0 Å². The average Bonchev–Trinajstić information content (AvgIpc) is 2.43. The summed E-state index contributed by atoms with van der Waals surface area (Å²) in [6.07, 6.45) is 0. The summed E-state index contributed by atoms with van der Waals surface area (Å²) in [4.78, 5) is -0.606. The van der Waals surface area contributed by atoms with Gasteiger partial charge in [0.15, 0.2) is 11.6 Å². The predicted octanol–water partition coefficient (Wildman–Crippen LogP) is 2.16. The van der Waals surface area contributed by atoms with E-state index in [4.69, 9.17) is 5.73 Å². The van der Waals surface area contributed by atoms with Crippen LogP contribution in [0.25, 0.3) is 0 Å². The van der Waals surface area contributed by atoms with E-state index in [1.807, 2.05) is 0 Å². The number of halogens is 3. The number of hydrogen-bond acceptors (Lipinski definition) is 3. The van der Waals surface area contributed by atoms with Crippen molar-refractivity contribution in [2.45, 2.75) is 11.4 Å². The highest BCUT2D eigenvalue weighted by Gasteiger charge is 2.19. The van der Waals surface area contributed by atoms with E-state index in [-0.39, 0.29) is 17.8 Å². The van der Waals surface area contributed by atoms with Gasteiger partial charge in [-0.3, -0.25) is 0 Å². The first-order valence-corrected chi connectivity index (χ1v) is 7.26. The van der Waals surface area contributed by atoms with Crippen LogP contribution in [-0.2, 0) is 16.6 Å². The molecule has 0 aromatic heterocycles. The van der Waals surface area contributed by atoms with Crippen molar-refractivity contribution in [3.8, 4) is 0 Å². The molecule has 0 aliphatic carbocycles. The van der Waals surface area contributed by atoms with Crippen LogP contribution in [0.3, 0.4) is 0 Å². The molecule has 0 aliphatic heterocycles. The van der Waals surface area contributed by atoms with Gasteiger partial charge in [-0.1, -0.05) is 6.07 Å². The molecular formula is C13H11F3N2O2S. The van der Waals surface area contributed by atoms with Gasteiger partial charge in [0.25, 0.3) is 0 Å². The number of hydrogen-bond donors (Lipinski definition) is 2. The molecule has 0 saturated carbocycles. The van der Waals surface area contributed by atoms with Gasteiger partial charge in [-0.2, -0.15) is 0 Å². The second kappa shape index (κ2) is 5.74. The van der Waals surface area contributed by atoms with E-state index in [2.05, 4.69) is 4.72 Å². The van der Waals surface area contributed by atoms with Crippen LogP contribution in [0, 0.1) is 17.5 Å². The van der Waals surface area contributed by atoms with Crippen molar-refractivity contribution in [1.82, 2.24) is 4.72 Å². The van der Waals surface area contributed by atoms with Crippen molar-refractivity contribution in [2.24, 2.45) is 0 Å². The Bertz CT molecular complexity index is 779. The van der Waals surface area contributed by atoms with Crippen molar-refractivity contribution < 1.29 is 21.6 Å². The lowest BCUT2D eigenvalue weighted by Crippen LogP contribution is -2.24. The molecule has 0 fully saturated rings. The van der Waals surface area contributed by atoms with E-state index >= 15 is 0 Å². The molecule has 2 aromatic rings. The number of benzene rings is 2. The summed E-state index contributed by atoms with van der Waals surface area (Å²) in [5, 5.41) is 0. The van der Waals surface area contributed by atoms with Gasteiger partial charge < -0.3 is 5.73 Å². The van der Waals surface area contributed by atoms with E-state index in [1.165, 1.54) is 12.1 Å². The molecule has 2 rings (SSSR count). The molecule has 112 valence electrons. The third-order valence-corrected chi connectivity index (χ3v) is 4.11. The number of sulfonamides is 1. The van der Waals surface area contributed by atoms with Gasteiger partial charge in [0, 0.05) is 12.2 Å². The minimum Gasteiger partial charge on any atom is -0.399 e. The lowest BCUT2D eigenvalue weighted by molar-refractivity contribution is 0.506. The first kappa shape index (κ1) is 15.3. The third-order valence-electron chi connectivity index (χ3n) is 2.70. The second-order valence-electron chi connectivity index (χ2n) is 4.26. The van der Waals surface area contributed by atoms with Gasteiger partial charge in [0.05, 0.1) is 0 Å². The molecule has 0 aliphatic rings. The Balaban J connectivity index is 2.21. The summed E-state index contributed by atoms with van der Waals surface area (Å²) >= 11 is 0. The quantitative estimate of drug-likeness (QED) is 0.849. The Morgan fingerprint density at radius 1 is 0.952 bits per heavy atom. The summed E-state index contributed by atoms with van der Waals surface area (Å²) in [5.74, 6) is -3.09. The summed E-state index contributed by atoms with van der Waals surface area (Å²) in [6, 6.07) is 6.08. The lowest BCUT2D eigenvalue weighted by Gasteiger charge is -2.08. The highest BCUT2D eigenvalue weighted by Crippen LogP contribution is 2.18. The van der Waals surface area contributed by atoms with Gasteiger partial charge in [0.2, 0.25) is 10.0 Å². The van der Waals surface area contributed by atoms with Crippen molar-refractivity contribution in [1.29, 1.82) is 0 Å². The Morgan fingerprint density at radius 3 is 2.29 bits per heavy atom. The van der Waals surface area contributed by atoms with Crippen molar-refractivity contribution >= 4 is 15.7 Å². The highest BCUT2D eigenvalue weighted by atomic mass is 32.2. The minimum absolute atomic E-state index is 0.0876. The first-order chi connectivity index (χ1) is 9.79. The van der Waals surface area contributed by atoms with Gasteiger partial charge in [-0.15, -0.1) is 0 Å². The fourth-order valence-corrected chi connectivity index (χ4v) is 2.76. The third kappa shape index (κ3) is 3.53. The summed E-state index contributed by atoms with van der Waals surface area (Å²) in [5.41, 5.74) is 5.70. The fourth-order valence-electron chi connectivity index (χ4n) is 1.63. The van der Waals surface area contributed by atoms with Crippen LogP contribution in [0.2, 0.25) is 0 Å². The van der Waals surface area contributed by atoms with Gasteiger partial charge in [0.1, 0.15) is 10.7 Å². The van der Waals surface area contributed by atoms with Crippen LogP contribution < -0.4 is 10.5 Å². The Hall–Kier alpha value is -2.06. The van der Waals surface area contributed by atoms with Crippen LogP contribution in [0.1, 0.15) is 5.56 Å². The molecular weight excluding hydrogens is 305 g/mol. The Morgan fingerprint density at radius 2 is 1.62 bits per heavy atom. The van der Waals surface area contributed by atoms with Gasteiger partial charge in [-0.25, -0.2) is 26.3 Å². The van der Waals surface area contributed by atoms with Crippen LogP contribution in [0.5, 0.6) is 0 Å². The molecule has 0 atom stereocenters. The molecule has 0 unspecified atom stereocenters. The predicted molar refractivity (Wildman–Crippen MR) is 71.2 cm³/mol. The molecule has 0 radical (unpaired) electrons. The zero-order valence-corrected chi connectivity index (χ0v) is 11.4. The summed E-state index contributed by atoms with van der Waals surface area (Å²) in [7, 11) is -4.16. The van der Waals surface area contributed by atoms with E-state index in [9.17, 15) is 21.6 Å². The number of anilines is 1. The van der Waals surface area contributed by atoms with Crippen LogP contribution in [0.15, 0.2) is 41.3 Å². The maximum Gasteiger partial charge on any atom is 0.243 e. The zero-order valence-electron chi connectivity index (χ0n) is 10.6. The van der Waals surface area contributed by atoms with E-state index in [0.717, 1.165) is 24.3 Å². The molecule has 0 spiro atoms. The number of rotatable bonds is 4. The molecule has 2 aromatic carbocycles. The summed E-state index contributed by atoms with van der Waals surface area (Å²) in [6.45, 7) is -0.312. The lowest BCUT2D eigenvalue weighted by atomic mass is 10.2. The highest BCUT2D eigenvalue weighted by molar-refractivity contribution is 7.89. The smallest absolute Gasteiger partial charge is 0.243 e. The van der Waals surface area contributed by atoms with Crippen LogP contribution in [-0.4, -0.2) is 8.42 Å². The van der Waals surface area contributed by atoms with Crippen LogP contribution in [0.4, 0.5) is 18.9 Å². The Labute approximate surface area is 119 Å². The van der Waals surface area contributed by atoms with E-state index in [0.29, 0.717) is 0 Å². The molecule has 0 amide bonds.